The van der Waals surface area contributed by atoms with Crippen molar-refractivity contribution in [1.82, 2.24) is 10.2 Å². The number of nitrogens with zero attached hydrogens (tertiary/aromatic N) is 1. The van der Waals surface area contributed by atoms with E-state index in [1.165, 1.54) is 0 Å². The molecule has 0 bridgehead atoms. The quantitative estimate of drug-likeness (QED) is 0.718. The summed E-state index contributed by atoms with van der Waals surface area (Å²) < 4.78 is 0. The van der Waals surface area contributed by atoms with Gasteiger partial charge in [-0.25, -0.2) is 0 Å². The van der Waals surface area contributed by atoms with Gasteiger partial charge in [0, 0.05) is 38.0 Å². The SMILES string of the molecule is C=CCN1CCC(NC(=O)C[C@@H](CC(=O)O)c2ccccc2)CC1. The van der Waals surface area contributed by atoms with Gasteiger partial charge in [-0.3, -0.25) is 14.5 Å². The van der Waals surface area contributed by atoms with Crippen molar-refractivity contribution >= 4 is 11.9 Å². The van der Waals surface area contributed by atoms with Crippen molar-refractivity contribution in [2.45, 2.75) is 37.6 Å². The summed E-state index contributed by atoms with van der Waals surface area (Å²) in [4.78, 5) is 25.8. The topological polar surface area (TPSA) is 69.6 Å². The highest BCUT2D eigenvalue weighted by molar-refractivity contribution is 5.78. The van der Waals surface area contributed by atoms with E-state index in [4.69, 9.17) is 5.11 Å². The number of rotatable bonds is 8. The molecule has 1 amide bonds. The van der Waals surface area contributed by atoms with Crippen molar-refractivity contribution in [2.75, 3.05) is 19.6 Å². The molecule has 1 aromatic carbocycles. The van der Waals surface area contributed by atoms with Gasteiger partial charge >= 0.3 is 5.97 Å². The van der Waals surface area contributed by atoms with Gasteiger partial charge in [-0.1, -0.05) is 36.4 Å². The maximum atomic E-state index is 12.3. The zero-order valence-corrected chi connectivity index (χ0v) is 14.0. The summed E-state index contributed by atoms with van der Waals surface area (Å²) in [5, 5.41) is 12.2. The van der Waals surface area contributed by atoms with Gasteiger partial charge in [0.15, 0.2) is 0 Å². The van der Waals surface area contributed by atoms with E-state index in [1.807, 2.05) is 36.4 Å². The van der Waals surface area contributed by atoms with Gasteiger partial charge in [-0.2, -0.15) is 0 Å². The molecule has 1 atom stereocenters. The molecule has 1 heterocycles. The van der Waals surface area contributed by atoms with Crippen molar-refractivity contribution in [3.05, 3.63) is 48.6 Å². The first-order valence-corrected chi connectivity index (χ1v) is 8.48. The summed E-state index contributed by atoms with van der Waals surface area (Å²) >= 11 is 0. The molecule has 130 valence electrons. The lowest BCUT2D eigenvalue weighted by molar-refractivity contribution is -0.137. The standard InChI is InChI=1S/C19H26N2O3/c1-2-10-21-11-8-17(9-12-21)20-18(22)13-16(14-19(23)24)15-6-4-3-5-7-15/h2-7,16-17H,1,8-14H2,(H,20,22)(H,23,24)/t16-/m0/s1. The van der Waals surface area contributed by atoms with E-state index in [1.54, 1.807) is 0 Å². The molecule has 1 aliphatic rings. The van der Waals surface area contributed by atoms with E-state index in [9.17, 15) is 9.59 Å². The summed E-state index contributed by atoms with van der Waals surface area (Å²) in [6.45, 7) is 6.54. The van der Waals surface area contributed by atoms with Crippen molar-refractivity contribution < 1.29 is 14.7 Å². The number of piperidine rings is 1. The minimum Gasteiger partial charge on any atom is -0.481 e. The smallest absolute Gasteiger partial charge is 0.303 e. The van der Waals surface area contributed by atoms with Crippen LogP contribution in [0, 0.1) is 0 Å². The molecule has 1 aromatic rings. The lowest BCUT2D eigenvalue weighted by atomic mass is 9.92. The highest BCUT2D eigenvalue weighted by atomic mass is 16.4. The third-order valence-corrected chi connectivity index (χ3v) is 4.46. The van der Waals surface area contributed by atoms with Gasteiger partial charge in [0.25, 0.3) is 0 Å². The summed E-state index contributed by atoms with van der Waals surface area (Å²) in [5.74, 6) is -1.23. The van der Waals surface area contributed by atoms with Gasteiger partial charge in [-0.15, -0.1) is 6.58 Å². The Kier molecular flexibility index (Phi) is 7.00. The Balaban J connectivity index is 1.87. The van der Waals surface area contributed by atoms with Gasteiger partial charge < -0.3 is 10.4 Å². The summed E-state index contributed by atoms with van der Waals surface area (Å²) in [7, 11) is 0. The lowest BCUT2D eigenvalue weighted by Gasteiger charge is -2.31. The number of carbonyl (C=O) groups is 2. The third-order valence-electron chi connectivity index (χ3n) is 4.46. The number of benzene rings is 1. The zero-order valence-electron chi connectivity index (χ0n) is 14.0. The Bertz CT molecular complexity index is 551. The zero-order chi connectivity index (χ0) is 17.4. The van der Waals surface area contributed by atoms with Gasteiger partial charge in [-0.05, 0) is 18.4 Å². The number of nitrogens with one attached hydrogen (secondary N) is 1. The second-order valence-electron chi connectivity index (χ2n) is 6.34. The second kappa shape index (κ2) is 9.23. The van der Waals surface area contributed by atoms with Crippen molar-refractivity contribution in [1.29, 1.82) is 0 Å². The predicted molar refractivity (Wildman–Crippen MR) is 93.9 cm³/mol. The van der Waals surface area contributed by atoms with Crippen LogP contribution in [0.3, 0.4) is 0 Å². The average molecular weight is 330 g/mol. The lowest BCUT2D eigenvalue weighted by Crippen LogP contribution is -2.44. The number of amides is 1. The molecule has 0 spiro atoms. The molecule has 5 nitrogen and oxygen atoms in total. The fourth-order valence-corrected chi connectivity index (χ4v) is 3.20. The molecule has 0 aromatic heterocycles. The molecule has 5 heteroatoms. The van der Waals surface area contributed by atoms with Crippen LogP contribution < -0.4 is 5.32 Å². The first-order valence-electron chi connectivity index (χ1n) is 8.48. The van der Waals surface area contributed by atoms with Crippen LogP contribution in [0.5, 0.6) is 0 Å². The van der Waals surface area contributed by atoms with Gasteiger partial charge in [0.05, 0.1) is 6.42 Å². The van der Waals surface area contributed by atoms with Crippen LogP contribution in [-0.4, -0.2) is 47.6 Å². The highest BCUT2D eigenvalue weighted by Gasteiger charge is 2.23. The van der Waals surface area contributed by atoms with Crippen molar-refractivity contribution in [3.8, 4) is 0 Å². The Morgan fingerprint density at radius 2 is 1.92 bits per heavy atom. The molecular weight excluding hydrogens is 304 g/mol. The molecule has 2 N–H and O–H groups in total. The summed E-state index contributed by atoms with van der Waals surface area (Å²) in [6.07, 6.45) is 3.93. The van der Waals surface area contributed by atoms with Crippen LogP contribution in [-0.2, 0) is 9.59 Å². The van der Waals surface area contributed by atoms with E-state index < -0.39 is 5.97 Å². The molecule has 1 aliphatic heterocycles. The Labute approximate surface area is 143 Å². The molecule has 1 saturated heterocycles. The van der Waals surface area contributed by atoms with Crippen LogP contribution in [0.2, 0.25) is 0 Å². The largest absolute Gasteiger partial charge is 0.481 e. The van der Waals surface area contributed by atoms with E-state index in [0.29, 0.717) is 0 Å². The predicted octanol–water partition coefficient (Wildman–Crippen LogP) is 2.40. The van der Waals surface area contributed by atoms with Gasteiger partial charge in [0.2, 0.25) is 5.91 Å². The summed E-state index contributed by atoms with van der Waals surface area (Å²) in [5.41, 5.74) is 0.899. The minimum absolute atomic E-state index is 0.0325. The number of hydrogen-bond acceptors (Lipinski definition) is 3. The van der Waals surface area contributed by atoms with E-state index in [0.717, 1.165) is 38.0 Å². The Hall–Kier alpha value is -2.14. The fourth-order valence-electron chi connectivity index (χ4n) is 3.20. The van der Waals surface area contributed by atoms with Crippen LogP contribution in [0.1, 0.15) is 37.2 Å². The second-order valence-corrected chi connectivity index (χ2v) is 6.34. The van der Waals surface area contributed by atoms with Gasteiger partial charge in [0.1, 0.15) is 0 Å². The number of carboxylic acid groups (broad SMARTS) is 1. The number of hydrogen-bond donors (Lipinski definition) is 2. The van der Waals surface area contributed by atoms with E-state index in [2.05, 4.69) is 16.8 Å². The van der Waals surface area contributed by atoms with E-state index in [-0.39, 0.29) is 30.7 Å². The maximum absolute atomic E-state index is 12.3. The van der Waals surface area contributed by atoms with Crippen molar-refractivity contribution in [2.24, 2.45) is 0 Å². The summed E-state index contributed by atoms with van der Waals surface area (Å²) in [6, 6.07) is 9.58. The number of carbonyl (C=O) groups excluding carboxylic acids is 1. The molecule has 0 radical (unpaired) electrons. The molecule has 2 rings (SSSR count). The fraction of sp³-hybridized carbons (Fsp3) is 0.474. The molecule has 1 fully saturated rings. The highest BCUT2D eigenvalue weighted by Crippen LogP contribution is 2.23. The number of likely N-dealkylation sites (tertiary alicyclic amines) is 1. The number of carboxylic acids is 1. The van der Waals surface area contributed by atoms with Crippen LogP contribution >= 0.6 is 0 Å². The van der Waals surface area contributed by atoms with Crippen molar-refractivity contribution in [3.63, 3.8) is 0 Å². The van der Waals surface area contributed by atoms with Crippen LogP contribution in [0.4, 0.5) is 0 Å². The normalized spacial score (nSPS) is 17.2. The van der Waals surface area contributed by atoms with Crippen LogP contribution in [0.15, 0.2) is 43.0 Å². The Morgan fingerprint density at radius 1 is 1.25 bits per heavy atom. The van der Waals surface area contributed by atoms with Crippen LogP contribution in [0.25, 0.3) is 0 Å². The van der Waals surface area contributed by atoms with E-state index >= 15 is 0 Å². The average Bonchev–Trinajstić information content (AvgIpc) is 2.57. The minimum atomic E-state index is -0.880. The number of aliphatic carboxylic acids is 1. The maximum Gasteiger partial charge on any atom is 0.303 e. The molecular formula is C19H26N2O3. The third kappa shape index (κ3) is 5.81. The Morgan fingerprint density at radius 3 is 2.50 bits per heavy atom. The molecule has 24 heavy (non-hydrogen) atoms. The monoisotopic (exact) mass is 330 g/mol. The first-order chi connectivity index (χ1) is 11.6. The molecule has 0 saturated carbocycles. The molecule has 0 unspecified atom stereocenters. The first kappa shape index (κ1) is 18.2. The molecule has 0 aliphatic carbocycles.